The normalized spacial score (nSPS) is 29.9. The summed E-state index contributed by atoms with van der Waals surface area (Å²) in [5.41, 5.74) is 11.2. The Labute approximate surface area is 166 Å². The molecule has 6 nitrogen and oxygen atoms in total. The number of H-pyrrole nitrogens is 2. The minimum Gasteiger partial charge on any atom is -0.382 e. The third-order valence-electron chi connectivity index (χ3n) is 7.71. The standard InChI is InChI=1S/C22H21FN6/c23-21-19-15(27-28-21)6-5-14-18(19)16-9-1-2-10(7-9)17(16)20(25-14)11-3-4-13-12(8-11)22(24)29-26-13/h3-6,8-10,16-17,20,25H,1-2,7H2,(H,27,28)(H3,24,26,29)/t9?,10-,16-,17+,20-/m0/s1. The van der Waals surface area contributed by atoms with Crippen LogP contribution >= 0.6 is 0 Å². The Morgan fingerprint density at radius 2 is 1.83 bits per heavy atom. The van der Waals surface area contributed by atoms with Crippen molar-refractivity contribution in [2.24, 2.45) is 17.8 Å². The first-order valence-electron chi connectivity index (χ1n) is 10.4. The number of nitrogens with one attached hydrogen (secondary N) is 3. The molecule has 4 aromatic rings. The predicted octanol–water partition coefficient (Wildman–Crippen LogP) is 4.46. The number of fused-ring (bicyclic) bond motifs is 10. The lowest BCUT2D eigenvalue weighted by atomic mass is 9.67. The van der Waals surface area contributed by atoms with E-state index in [4.69, 9.17) is 5.73 Å². The van der Waals surface area contributed by atoms with Gasteiger partial charge in [-0.15, -0.1) is 5.10 Å². The highest BCUT2D eigenvalue weighted by Crippen LogP contribution is 2.64. The summed E-state index contributed by atoms with van der Waals surface area (Å²) in [6, 6.07) is 10.6. The Kier molecular flexibility index (Phi) is 2.88. The van der Waals surface area contributed by atoms with Crippen molar-refractivity contribution in [3.63, 3.8) is 0 Å². The van der Waals surface area contributed by atoms with E-state index in [1.807, 2.05) is 6.07 Å². The van der Waals surface area contributed by atoms with Gasteiger partial charge in [0.2, 0.25) is 5.95 Å². The molecule has 2 aromatic carbocycles. The molecule has 0 amide bonds. The van der Waals surface area contributed by atoms with Crippen LogP contribution in [0.15, 0.2) is 30.3 Å². The summed E-state index contributed by atoms with van der Waals surface area (Å²) < 4.78 is 14.6. The molecular weight excluding hydrogens is 367 g/mol. The van der Waals surface area contributed by atoms with Gasteiger partial charge in [-0.2, -0.15) is 9.49 Å². The van der Waals surface area contributed by atoms with Crippen molar-refractivity contribution in [1.82, 2.24) is 20.4 Å². The molecule has 2 fully saturated rings. The summed E-state index contributed by atoms with van der Waals surface area (Å²) >= 11 is 0. The number of rotatable bonds is 1. The highest BCUT2D eigenvalue weighted by Gasteiger charge is 2.54. The minimum atomic E-state index is -0.383. The third kappa shape index (κ3) is 1.95. The van der Waals surface area contributed by atoms with Gasteiger partial charge < -0.3 is 11.1 Å². The average molecular weight is 388 g/mol. The van der Waals surface area contributed by atoms with Crippen LogP contribution in [-0.2, 0) is 0 Å². The van der Waals surface area contributed by atoms with Crippen molar-refractivity contribution in [3.8, 4) is 0 Å². The van der Waals surface area contributed by atoms with Crippen LogP contribution in [0.4, 0.5) is 15.9 Å². The molecule has 1 aliphatic heterocycles. The van der Waals surface area contributed by atoms with Crippen LogP contribution in [0.2, 0.25) is 0 Å². The molecular formula is C22H21FN6. The Bertz CT molecular complexity index is 1290. The van der Waals surface area contributed by atoms with Crippen LogP contribution in [-0.4, -0.2) is 20.4 Å². The first-order valence-corrected chi connectivity index (χ1v) is 10.4. The van der Waals surface area contributed by atoms with Crippen molar-refractivity contribution < 1.29 is 4.39 Å². The summed E-state index contributed by atoms with van der Waals surface area (Å²) in [6.07, 6.45) is 3.74. The van der Waals surface area contributed by atoms with Crippen molar-refractivity contribution in [1.29, 1.82) is 0 Å². The van der Waals surface area contributed by atoms with E-state index in [1.165, 1.54) is 24.8 Å². The van der Waals surface area contributed by atoms with E-state index < -0.39 is 0 Å². The topological polar surface area (TPSA) is 95.4 Å². The quantitative estimate of drug-likeness (QED) is 0.387. The van der Waals surface area contributed by atoms with Crippen LogP contribution in [0.5, 0.6) is 0 Å². The maximum Gasteiger partial charge on any atom is 0.240 e. The molecule has 0 radical (unpaired) electrons. The number of aromatic nitrogens is 4. The number of halogens is 1. The molecule has 3 heterocycles. The van der Waals surface area contributed by atoms with E-state index in [2.05, 4.69) is 50.0 Å². The van der Waals surface area contributed by atoms with Crippen LogP contribution in [0, 0.1) is 23.7 Å². The molecule has 0 spiro atoms. The van der Waals surface area contributed by atoms with Crippen molar-refractivity contribution >= 4 is 33.3 Å². The molecule has 2 aromatic heterocycles. The number of hydrogen-bond acceptors (Lipinski definition) is 4. The number of nitrogens with zero attached hydrogens (tertiary/aromatic N) is 2. The second kappa shape index (κ2) is 5.28. The molecule has 146 valence electrons. The van der Waals surface area contributed by atoms with Gasteiger partial charge in [0.25, 0.3) is 0 Å². The van der Waals surface area contributed by atoms with Gasteiger partial charge in [-0.1, -0.05) is 6.07 Å². The lowest BCUT2D eigenvalue weighted by Crippen LogP contribution is -2.35. The van der Waals surface area contributed by atoms with Crippen molar-refractivity contribution in [3.05, 3.63) is 47.4 Å². The zero-order chi connectivity index (χ0) is 19.3. The van der Waals surface area contributed by atoms with Crippen LogP contribution in [0.3, 0.4) is 0 Å². The van der Waals surface area contributed by atoms with Crippen LogP contribution < -0.4 is 11.1 Å². The van der Waals surface area contributed by atoms with E-state index in [1.54, 1.807) is 0 Å². The maximum atomic E-state index is 14.6. The molecule has 5 N–H and O–H groups in total. The summed E-state index contributed by atoms with van der Waals surface area (Å²) in [5, 5.41) is 19.2. The number of nitrogens with two attached hydrogens (primary N) is 1. The molecule has 5 atom stereocenters. The molecule has 3 aliphatic rings. The van der Waals surface area contributed by atoms with Crippen molar-refractivity contribution in [2.45, 2.75) is 31.2 Å². The molecule has 1 unspecified atom stereocenters. The highest BCUT2D eigenvalue weighted by molar-refractivity contribution is 5.91. The van der Waals surface area contributed by atoms with E-state index >= 15 is 0 Å². The second-order valence-corrected chi connectivity index (χ2v) is 8.94. The number of benzene rings is 2. The van der Waals surface area contributed by atoms with Gasteiger partial charge in [0.1, 0.15) is 0 Å². The molecule has 0 saturated heterocycles. The van der Waals surface area contributed by atoms with Gasteiger partial charge in [-0.25, -0.2) is 0 Å². The lowest BCUT2D eigenvalue weighted by Gasteiger charge is -2.43. The number of hydrogen-bond donors (Lipinski definition) is 4. The fourth-order valence-electron chi connectivity index (χ4n) is 6.63. The first kappa shape index (κ1) is 15.8. The fourth-order valence-corrected chi connectivity index (χ4v) is 6.63. The monoisotopic (exact) mass is 388 g/mol. The van der Waals surface area contributed by atoms with Gasteiger partial charge in [0, 0.05) is 11.1 Å². The summed E-state index contributed by atoms with van der Waals surface area (Å²) in [5.74, 6) is 2.25. The van der Waals surface area contributed by atoms with E-state index in [9.17, 15) is 4.39 Å². The maximum absolute atomic E-state index is 14.6. The molecule has 29 heavy (non-hydrogen) atoms. The second-order valence-electron chi connectivity index (χ2n) is 8.94. The summed E-state index contributed by atoms with van der Waals surface area (Å²) in [4.78, 5) is 0. The smallest absolute Gasteiger partial charge is 0.240 e. The largest absolute Gasteiger partial charge is 0.382 e. The van der Waals surface area contributed by atoms with Gasteiger partial charge in [0.15, 0.2) is 5.82 Å². The van der Waals surface area contributed by atoms with E-state index in [0.29, 0.717) is 34.9 Å². The van der Waals surface area contributed by atoms with Gasteiger partial charge in [0.05, 0.1) is 22.5 Å². The number of nitrogen functional groups attached to an aromatic ring is 1. The Morgan fingerprint density at radius 1 is 1.00 bits per heavy atom. The predicted molar refractivity (Wildman–Crippen MR) is 110 cm³/mol. The molecule has 7 heteroatoms. The SMILES string of the molecule is Nc1n[nH]c2ccc([C@@H]3Nc4ccc5[nH]nc(F)c5c4[C@H]4C5CC[C@@H](C5)[C@@H]34)cc12. The third-order valence-corrected chi connectivity index (χ3v) is 7.71. The molecule has 2 bridgehead atoms. The first-order chi connectivity index (χ1) is 14.2. The Balaban J connectivity index is 1.45. The van der Waals surface area contributed by atoms with Crippen LogP contribution in [0.1, 0.15) is 42.3 Å². The highest BCUT2D eigenvalue weighted by atomic mass is 19.1. The number of anilines is 2. The average Bonchev–Trinajstić information content (AvgIpc) is 3.52. The number of aromatic amines is 2. The minimum absolute atomic E-state index is 0.189. The summed E-state index contributed by atoms with van der Waals surface area (Å²) in [7, 11) is 0. The Morgan fingerprint density at radius 3 is 2.76 bits per heavy atom. The zero-order valence-corrected chi connectivity index (χ0v) is 15.7. The zero-order valence-electron chi connectivity index (χ0n) is 15.7. The Hall–Kier alpha value is -3.09. The molecule has 2 aliphatic carbocycles. The molecule has 7 rings (SSSR count). The summed E-state index contributed by atoms with van der Waals surface area (Å²) in [6.45, 7) is 0. The van der Waals surface area contributed by atoms with Crippen LogP contribution in [0.25, 0.3) is 21.8 Å². The van der Waals surface area contributed by atoms with E-state index in [0.717, 1.165) is 27.7 Å². The van der Waals surface area contributed by atoms with Crippen molar-refractivity contribution in [2.75, 3.05) is 11.1 Å². The molecule has 2 saturated carbocycles. The van der Waals surface area contributed by atoms with Gasteiger partial charge in [-0.05, 0) is 78.3 Å². The van der Waals surface area contributed by atoms with E-state index in [-0.39, 0.29) is 12.0 Å². The fraction of sp³-hybridized carbons (Fsp3) is 0.364. The lowest BCUT2D eigenvalue weighted by molar-refractivity contribution is 0.249. The van der Waals surface area contributed by atoms with Gasteiger partial charge in [-0.3, -0.25) is 10.2 Å². The van der Waals surface area contributed by atoms with Gasteiger partial charge >= 0.3 is 0 Å².